The number of benzene rings is 2. The van der Waals surface area contributed by atoms with Crippen LogP contribution in [0.25, 0.3) is 0 Å². The second-order valence-electron chi connectivity index (χ2n) is 7.17. The van der Waals surface area contributed by atoms with E-state index in [9.17, 15) is 16.8 Å². The second-order valence-corrected chi connectivity index (χ2v) is 10.7. The summed E-state index contributed by atoms with van der Waals surface area (Å²) < 4.78 is 54.7. The Hall–Kier alpha value is -2.29. The first kappa shape index (κ1) is 25.0. The van der Waals surface area contributed by atoms with Crippen LogP contribution < -0.4 is 9.44 Å². The highest BCUT2D eigenvalue weighted by Crippen LogP contribution is 2.10. The lowest BCUT2D eigenvalue weighted by Gasteiger charge is -2.21. The van der Waals surface area contributed by atoms with Gasteiger partial charge in [0.2, 0.25) is 20.0 Å². The number of hydrogen-bond donors (Lipinski definition) is 2. The van der Waals surface area contributed by atoms with Gasteiger partial charge in [-0.3, -0.25) is 4.90 Å². The lowest BCUT2D eigenvalue weighted by atomic mass is 10.2. The van der Waals surface area contributed by atoms with Crippen LogP contribution in [-0.4, -0.2) is 54.5 Å². The molecule has 8 nitrogen and oxygen atoms in total. The smallest absolute Gasteiger partial charge is 0.240 e. The average molecular weight is 465 g/mol. The maximum atomic E-state index is 12.4. The Balaban J connectivity index is 1.89. The molecule has 10 heteroatoms. The Morgan fingerprint density at radius 3 is 1.48 bits per heavy atom. The van der Waals surface area contributed by atoms with Crippen molar-refractivity contribution < 1.29 is 16.8 Å². The van der Waals surface area contributed by atoms with E-state index < -0.39 is 20.0 Å². The van der Waals surface area contributed by atoms with Crippen molar-refractivity contribution in [1.29, 1.82) is 5.26 Å². The molecule has 2 aromatic rings. The topological polar surface area (TPSA) is 119 Å². The van der Waals surface area contributed by atoms with Gasteiger partial charge in [-0.15, -0.1) is 0 Å². The summed E-state index contributed by atoms with van der Waals surface area (Å²) in [6, 6.07) is 15.2. The van der Waals surface area contributed by atoms with Crippen molar-refractivity contribution in [2.45, 2.75) is 30.1 Å². The predicted octanol–water partition coefficient (Wildman–Crippen LogP) is 1.78. The van der Waals surface area contributed by atoms with Gasteiger partial charge in [0.1, 0.15) is 0 Å². The van der Waals surface area contributed by atoms with Crippen LogP contribution in [0.4, 0.5) is 0 Å². The molecule has 0 aliphatic carbocycles. The molecule has 0 aliphatic heterocycles. The summed E-state index contributed by atoms with van der Waals surface area (Å²) in [5.74, 6) is 0. The summed E-state index contributed by atoms with van der Waals surface area (Å²) in [5.41, 5.74) is 1.93. The highest BCUT2D eigenvalue weighted by Gasteiger charge is 2.16. The molecule has 0 spiro atoms. The van der Waals surface area contributed by atoms with Crippen molar-refractivity contribution in [3.8, 4) is 6.07 Å². The number of nitrogens with zero attached hydrogens (tertiary/aromatic N) is 2. The molecule has 2 aromatic carbocycles. The maximum Gasteiger partial charge on any atom is 0.240 e. The number of aryl methyl sites for hydroxylation is 2. The third-order valence-electron chi connectivity index (χ3n) is 4.64. The van der Waals surface area contributed by atoms with Crippen molar-refractivity contribution >= 4 is 20.0 Å². The van der Waals surface area contributed by atoms with Crippen LogP contribution in [0.3, 0.4) is 0 Å². The fraction of sp³-hybridized carbons (Fsp3) is 0.381. The normalized spacial score (nSPS) is 12.1. The zero-order valence-corrected chi connectivity index (χ0v) is 19.3. The Morgan fingerprint density at radius 1 is 0.742 bits per heavy atom. The first-order valence-corrected chi connectivity index (χ1v) is 12.8. The molecule has 0 atom stereocenters. The summed E-state index contributed by atoms with van der Waals surface area (Å²) in [5, 5.41) is 8.87. The molecule has 0 radical (unpaired) electrons. The molecule has 0 fully saturated rings. The number of nitriles is 1. The van der Waals surface area contributed by atoms with Crippen LogP contribution in [0.1, 0.15) is 17.5 Å². The number of rotatable bonds is 12. The second kappa shape index (κ2) is 11.4. The van der Waals surface area contributed by atoms with E-state index in [1.807, 2.05) is 18.7 Å². The molecule has 0 saturated heterocycles. The van der Waals surface area contributed by atoms with E-state index in [4.69, 9.17) is 5.26 Å². The molecule has 0 heterocycles. The number of sulfonamides is 2. The van der Waals surface area contributed by atoms with E-state index in [0.29, 0.717) is 19.6 Å². The van der Waals surface area contributed by atoms with Crippen LogP contribution >= 0.6 is 0 Å². The molecule has 31 heavy (non-hydrogen) atoms. The SMILES string of the molecule is Cc1ccc(S(=O)(=O)NCCN(CCC#N)CCNS(=O)(=O)c2ccc(C)cc2)cc1. The molecule has 0 aromatic heterocycles. The Morgan fingerprint density at radius 2 is 1.13 bits per heavy atom. The van der Waals surface area contributed by atoms with Gasteiger partial charge in [-0.2, -0.15) is 5.26 Å². The molecular weight excluding hydrogens is 436 g/mol. The van der Waals surface area contributed by atoms with Gasteiger partial charge < -0.3 is 0 Å². The van der Waals surface area contributed by atoms with E-state index >= 15 is 0 Å². The molecule has 0 bridgehead atoms. The molecular formula is C21H28N4O4S2. The third-order valence-corrected chi connectivity index (χ3v) is 7.60. The number of nitrogens with one attached hydrogen (secondary N) is 2. The molecule has 0 amide bonds. The van der Waals surface area contributed by atoms with Crippen molar-refractivity contribution in [1.82, 2.24) is 14.3 Å². The zero-order chi connectivity index (χ0) is 22.9. The zero-order valence-electron chi connectivity index (χ0n) is 17.7. The first-order valence-electron chi connectivity index (χ1n) is 9.86. The lowest BCUT2D eigenvalue weighted by Crippen LogP contribution is -2.40. The van der Waals surface area contributed by atoms with Gasteiger partial charge in [0.25, 0.3) is 0 Å². The van der Waals surface area contributed by atoms with Crippen LogP contribution in [-0.2, 0) is 20.0 Å². The van der Waals surface area contributed by atoms with Gasteiger partial charge in [-0.1, -0.05) is 35.4 Å². The van der Waals surface area contributed by atoms with Gasteiger partial charge >= 0.3 is 0 Å². The average Bonchev–Trinajstić information content (AvgIpc) is 2.72. The molecule has 2 N–H and O–H groups in total. The van der Waals surface area contributed by atoms with Crippen molar-refractivity contribution in [3.05, 3.63) is 59.7 Å². The third kappa shape index (κ3) is 8.05. The van der Waals surface area contributed by atoms with Crippen molar-refractivity contribution in [2.75, 3.05) is 32.7 Å². The van der Waals surface area contributed by atoms with E-state index in [1.165, 1.54) is 0 Å². The monoisotopic (exact) mass is 464 g/mol. The van der Waals surface area contributed by atoms with Crippen LogP contribution in [0.2, 0.25) is 0 Å². The summed E-state index contributed by atoms with van der Waals surface area (Å²) in [6.07, 6.45) is 0.259. The molecule has 0 saturated carbocycles. The van der Waals surface area contributed by atoms with Crippen LogP contribution in [0.15, 0.2) is 58.3 Å². The minimum Gasteiger partial charge on any atom is -0.300 e. The summed E-state index contributed by atoms with van der Waals surface area (Å²) in [7, 11) is -7.26. The van der Waals surface area contributed by atoms with E-state index in [-0.39, 0.29) is 29.3 Å². The number of hydrogen-bond acceptors (Lipinski definition) is 6. The highest BCUT2D eigenvalue weighted by atomic mass is 32.2. The molecule has 0 unspecified atom stereocenters. The quantitative estimate of drug-likeness (QED) is 0.494. The Labute approximate surface area is 185 Å². The first-order chi connectivity index (χ1) is 14.6. The maximum absolute atomic E-state index is 12.4. The molecule has 168 valence electrons. The van der Waals surface area contributed by atoms with Gasteiger partial charge in [0, 0.05) is 39.1 Å². The minimum atomic E-state index is -3.63. The van der Waals surface area contributed by atoms with E-state index in [1.54, 1.807) is 48.5 Å². The van der Waals surface area contributed by atoms with E-state index in [0.717, 1.165) is 11.1 Å². The summed E-state index contributed by atoms with van der Waals surface area (Å²) in [6.45, 7) is 5.15. The molecule has 0 aliphatic rings. The van der Waals surface area contributed by atoms with Crippen LogP contribution in [0, 0.1) is 25.2 Å². The lowest BCUT2D eigenvalue weighted by molar-refractivity contribution is 0.289. The largest absolute Gasteiger partial charge is 0.300 e. The standard InChI is InChI=1S/C21H28N4O4S2/c1-18-4-8-20(9-5-18)30(26,27)23-13-16-25(15-3-12-22)17-14-24-31(28,29)21-10-6-19(2)7-11-21/h4-11,23-24H,3,13-17H2,1-2H3. The van der Waals surface area contributed by atoms with Gasteiger partial charge in [-0.05, 0) is 38.1 Å². The fourth-order valence-electron chi connectivity index (χ4n) is 2.82. The minimum absolute atomic E-state index is 0.145. The fourth-order valence-corrected chi connectivity index (χ4v) is 4.86. The highest BCUT2D eigenvalue weighted by molar-refractivity contribution is 7.89. The van der Waals surface area contributed by atoms with Crippen LogP contribution in [0.5, 0.6) is 0 Å². The predicted molar refractivity (Wildman–Crippen MR) is 119 cm³/mol. The van der Waals surface area contributed by atoms with Crippen molar-refractivity contribution in [2.24, 2.45) is 0 Å². The van der Waals surface area contributed by atoms with E-state index in [2.05, 4.69) is 15.5 Å². The summed E-state index contributed by atoms with van der Waals surface area (Å²) in [4.78, 5) is 2.22. The Bertz CT molecular complexity index is 1010. The van der Waals surface area contributed by atoms with Gasteiger partial charge in [-0.25, -0.2) is 26.3 Å². The van der Waals surface area contributed by atoms with Gasteiger partial charge in [0.15, 0.2) is 0 Å². The Kier molecular flexibility index (Phi) is 9.15. The van der Waals surface area contributed by atoms with Gasteiger partial charge in [0.05, 0.1) is 15.9 Å². The summed E-state index contributed by atoms with van der Waals surface area (Å²) >= 11 is 0. The van der Waals surface area contributed by atoms with Crippen molar-refractivity contribution in [3.63, 3.8) is 0 Å². The molecule has 2 rings (SSSR count).